The maximum atomic E-state index is 14.1. The highest BCUT2D eigenvalue weighted by molar-refractivity contribution is 7.92. The Hall–Kier alpha value is -3.47. The van der Waals surface area contributed by atoms with Gasteiger partial charge < -0.3 is 19.7 Å². The van der Waals surface area contributed by atoms with Gasteiger partial charge in [-0.3, -0.25) is 13.9 Å². The van der Waals surface area contributed by atoms with Gasteiger partial charge in [-0.15, -0.1) is 0 Å². The van der Waals surface area contributed by atoms with Crippen molar-refractivity contribution in [3.63, 3.8) is 0 Å². The lowest BCUT2D eigenvalue weighted by Crippen LogP contribution is -2.51. The summed E-state index contributed by atoms with van der Waals surface area (Å²) in [4.78, 5) is 28.2. The van der Waals surface area contributed by atoms with Crippen LogP contribution in [0.5, 0.6) is 11.5 Å². The van der Waals surface area contributed by atoms with Crippen molar-refractivity contribution >= 4 is 50.7 Å². The van der Waals surface area contributed by atoms with Crippen LogP contribution in [0.15, 0.2) is 65.6 Å². The molecular formula is C29H33Cl2N3O6S. The molecule has 0 aliphatic carbocycles. The van der Waals surface area contributed by atoms with Crippen LogP contribution in [0.3, 0.4) is 0 Å². The van der Waals surface area contributed by atoms with Crippen molar-refractivity contribution < 1.29 is 27.5 Å². The van der Waals surface area contributed by atoms with Gasteiger partial charge in [0.1, 0.15) is 24.1 Å². The molecule has 220 valence electrons. The van der Waals surface area contributed by atoms with E-state index in [2.05, 4.69) is 5.32 Å². The minimum absolute atomic E-state index is 0.0294. The molecular weight excluding hydrogens is 589 g/mol. The molecule has 0 aromatic heterocycles. The molecule has 0 aliphatic heterocycles. The monoisotopic (exact) mass is 621 g/mol. The van der Waals surface area contributed by atoms with Gasteiger partial charge in [0.15, 0.2) is 0 Å². The van der Waals surface area contributed by atoms with Gasteiger partial charge in [-0.1, -0.05) is 47.0 Å². The van der Waals surface area contributed by atoms with Gasteiger partial charge in [-0.2, -0.15) is 0 Å². The number of nitrogens with one attached hydrogen (secondary N) is 1. The molecule has 0 saturated heterocycles. The number of hydrogen-bond acceptors (Lipinski definition) is 6. The minimum Gasteiger partial charge on any atom is -0.497 e. The predicted molar refractivity (Wildman–Crippen MR) is 160 cm³/mol. The van der Waals surface area contributed by atoms with E-state index in [1.54, 1.807) is 56.3 Å². The lowest BCUT2D eigenvalue weighted by Gasteiger charge is -2.32. The molecule has 0 aliphatic rings. The number of amides is 2. The summed E-state index contributed by atoms with van der Waals surface area (Å²) in [5.74, 6) is -0.532. The first kappa shape index (κ1) is 32.0. The van der Waals surface area contributed by atoms with Gasteiger partial charge in [0.25, 0.3) is 10.0 Å². The number of sulfonamides is 1. The Kier molecular flexibility index (Phi) is 10.9. The Balaban J connectivity index is 2.16. The lowest BCUT2D eigenvalue weighted by molar-refractivity contribution is -0.139. The van der Waals surface area contributed by atoms with Crippen molar-refractivity contribution in [3.05, 3.63) is 81.8 Å². The van der Waals surface area contributed by atoms with Gasteiger partial charge in [-0.25, -0.2) is 8.42 Å². The summed E-state index contributed by atoms with van der Waals surface area (Å²) in [7, 11) is -1.47. The highest BCUT2D eigenvalue weighted by atomic mass is 35.5. The van der Waals surface area contributed by atoms with Crippen LogP contribution in [-0.4, -0.2) is 58.5 Å². The zero-order chi connectivity index (χ0) is 30.3. The van der Waals surface area contributed by atoms with Gasteiger partial charge in [0.2, 0.25) is 11.8 Å². The number of anilines is 1. The molecule has 41 heavy (non-hydrogen) atoms. The van der Waals surface area contributed by atoms with E-state index in [9.17, 15) is 18.0 Å². The number of nitrogens with zero attached hydrogens (tertiary/aromatic N) is 2. The molecule has 0 spiro atoms. The number of aryl methyl sites for hydroxylation is 1. The van der Waals surface area contributed by atoms with E-state index in [0.717, 1.165) is 9.87 Å². The quantitative estimate of drug-likeness (QED) is 0.303. The van der Waals surface area contributed by atoms with Crippen molar-refractivity contribution in [2.45, 2.75) is 38.3 Å². The molecule has 12 heteroatoms. The molecule has 0 heterocycles. The summed E-state index contributed by atoms with van der Waals surface area (Å²) in [6, 6.07) is 14.8. The number of rotatable bonds is 12. The summed E-state index contributed by atoms with van der Waals surface area (Å²) in [5.41, 5.74) is 1.37. The van der Waals surface area contributed by atoms with Crippen molar-refractivity contribution in [3.8, 4) is 11.5 Å². The van der Waals surface area contributed by atoms with E-state index in [4.69, 9.17) is 32.7 Å². The van der Waals surface area contributed by atoms with Crippen LogP contribution in [0.4, 0.5) is 5.69 Å². The molecule has 0 fully saturated rings. The predicted octanol–water partition coefficient (Wildman–Crippen LogP) is 5.07. The zero-order valence-electron chi connectivity index (χ0n) is 23.5. The molecule has 3 rings (SSSR count). The smallest absolute Gasteiger partial charge is 0.264 e. The second kappa shape index (κ2) is 13.9. The summed E-state index contributed by atoms with van der Waals surface area (Å²) in [6.45, 7) is 4.69. The maximum Gasteiger partial charge on any atom is 0.264 e. The van der Waals surface area contributed by atoms with Gasteiger partial charge in [0, 0.05) is 34.8 Å². The molecule has 3 aromatic carbocycles. The Morgan fingerprint density at radius 1 is 0.976 bits per heavy atom. The topological polar surface area (TPSA) is 105 Å². The van der Waals surface area contributed by atoms with Crippen LogP contribution >= 0.6 is 23.2 Å². The van der Waals surface area contributed by atoms with Gasteiger partial charge >= 0.3 is 0 Å². The van der Waals surface area contributed by atoms with E-state index < -0.39 is 34.4 Å². The largest absolute Gasteiger partial charge is 0.497 e. The minimum atomic E-state index is -4.30. The molecule has 0 radical (unpaired) electrons. The summed E-state index contributed by atoms with van der Waals surface area (Å²) < 4.78 is 39.9. The summed E-state index contributed by atoms with van der Waals surface area (Å²) >= 11 is 12.8. The normalized spacial score (nSPS) is 11.9. The second-order valence-electron chi connectivity index (χ2n) is 9.15. The van der Waals surface area contributed by atoms with Crippen LogP contribution in [0.2, 0.25) is 10.0 Å². The van der Waals surface area contributed by atoms with Crippen molar-refractivity contribution in [1.29, 1.82) is 0 Å². The summed E-state index contributed by atoms with van der Waals surface area (Å²) in [5, 5.41) is 3.31. The van der Waals surface area contributed by atoms with Crippen LogP contribution in [0.1, 0.15) is 25.0 Å². The van der Waals surface area contributed by atoms with E-state index in [1.807, 2.05) is 6.92 Å². The highest BCUT2D eigenvalue weighted by Crippen LogP contribution is 2.36. The average Bonchev–Trinajstić information content (AvgIpc) is 2.95. The average molecular weight is 623 g/mol. The van der Waals surface area contributed by atoms with E-state index in [0.29, 0.717) is 27.9 Å². The third-order valence-corrected chi connectivity index (χ3v) is 8.93. The first-order valence-electron chi connectivity index (χ1n) is 12.8. The number of benzene rings is 3. The first-order chi connectivity index (χ1) is 19.4. The Morgan fingerprint density at radius 2 is 1.61 bits per heavy atom. The highest BCUT2D eigenvalue weighted by Gasteiger charge is 2.34. The third-order valence-electron chi connectivity index (χ3n) is 6.45. The molecule has 2 amide bonds. The molecule has 1 unspecified atom stereocenters. The number of halogens is 2. The molecule has 1 atom stereocenters. The van der Waals surface area contributed by atoms with Crippen LogP contribution in [0, 0.1) is 6.92 Å². The molecule has 0 bridgehead atoms. The molecule has 3 aromatic rings. The second-order valence-corrected chi connectivity index (χ2v) is 11.8. The molecule has 1 N–H and O–H groups in total. The van der Waals surface area contributed by atoms with Crippen LogP contribution in [0.25, 0.3) is 0 Å². The Morgan fingerprint density at radius 3 is 2.17 bits per heavy atom. The van der Waals surface area contributed by atoms with Gasteiger partial charge in [-0.05, 0) is 57.2 Å². The summed E-state index contributed by atoms with van der Waals surface area (Å²) in [6.07, 6.45) is 0. The SMILES string of the molecule is CCNC(=O)C(C)N(Cc1c(Cl)cccc1Cl)C(=O)CN(c1cc(OC)ccc1OC)S(=O)(=O)c1ccc(C)cc1. The lowest BCUT2D eigenvalue weighted by atomic mass is 10.1. The zero-order valence-corrected chi connectivity index (χ0v) is 25.8. The number of hydrogen-bond donors (Lipinski definition) is 1. The van der Waals surface area contributed by atoms with Crippen molar-refractivity contribution in [2.24, 2.45) is 0 Å². The van der Waals surface area contributed by atoms with E-state index in [-0.39, 0.29) is 22.9 Å². The fourth-order valence-electron chi connectivity index (χ4n) is 4.10. The maximum absolute atomic E-state index is 14.1. The number of likely N-dealkylation sites (N-methyl/N-ethyl adjacent to an activating group) is 1. The standard InChI is InChI=1S/C29H33Cl2N3O6S/c1-6-32-29(36)20(3)33(17-23-24(30)8-7-9-25(23)31)28(35)18-34(26-16-21(39-4)12-15-27(26)40-5)41(37,38)22-13-10-19(2)11-14-22/h7-16,20H,6,17-18H2,1-5H3,(H,32,36). The number of ether oxygens (including phenoxy) is 2. The van der Waals surface area contributed by atoms with Crippen LogP contribution in [-0.2, 0) is 26.2 Å². The number of carbonyl (C=O) groups is 2. The van der Waals surface area contributed by atoms with Crippen LogP contribution < -0.4 is 19.1 Å². The Labute approximate surface area is 251 Å². The van der Waals surface area contributed by atoms with E-state index >= 15 is 0 Å². The third kappa shape index (κ3) is 7.44. The van der Waals surface area contributed by atoms with Crippen molar-refractivity contribution in [1.82, 2.24) is 10.2 Å². The number of methoxy groups -OCH3 is 2. The molecule has 0 saturated carbocycles. The Bertz CT molecular complexity index is 1480. The fourth-order valence-corrected chi connectivity index (χ4v) is 6.03. The van der Waals surface area contributed by atoms with Crippen molar-refractivity contribution in [2.75, 3.05) is 31.6 Å². The number of carbonyl (C=O) groups excluding carboxylic acids is 2. The van der Waals surface area contributed by atoms with Gasteiger partial charge in [0.05, 0.1) is 24.8 Å². The van der Waals surface area contributed by atoms with E-state index in [1.165, 1.54) is 37.3 Å². The molecule has 9 nitrogen and oxygen atoms in total. The fraction of sp³-hybridized carbons (Fsp3) is 0.310. The first-order valence-corrected chi connectivity index (χ1v) is 15.0.